The lowest BCUT2D eigenvalue weighted by atomic mass is 9.78. The molecule has 1 fully saturated rings. The highest BCUT2D eigenvalue weighted by Gasteiger charge is 2.43. The first kappa shape index (κ1) is 17.8. The largest absolute Gasteiger partial charge is 0.469 e. The number of ether oxygens (including phenoxy) is 1. The minimum Gasteiger partial charge on any atom is -0.469 e. The molecule has 0 aliphatic carbocycles. The molecule has 27 heavy (non-hydrogen) atoms. The second-order valence-corrected chi connectivity index (χ2v) is 7.55. The second-order valence-electron chi connectivity index (χ2n) is 7.55. The number of methoxy groups -OCH3 is 1. The Balaban J connectivity index is 1.82. The highest BCUT2D eigenvalue weighted by Crippen LogP contribution is 2.46. The van der Waals surface area contributed by atoms with E-state index in [2.05, 4.69) is 52.9 Å². The summed E-state index contributed by atoms with van der Waals surface area (Å²) in [6, 6.07) is 11.0. The number of rotatable bonds is 2. The molecule has 1 aromatic carbocycles. The summed E-state index contributed by atoms with van der Waals surface area (Å²) in [4.78, 5) is 14.3. The first-order valence-corrected chi connectivity index (χ1v) is 9.52. The number of nitrogens with zero attached hydrogens (tertiary/aromatic N) is 3. The number of esters is 1. The maximum Gasteiger partial charge on any atom is 0.306 e. The van der Waals surface area contributed by atoms with Crippen molar-refractivity contribution in [2.75, 3.05) is 13.7 Å². The van der Waals surface area contributed by atoms with Crippen molar-refractivity contribution in [1.29, 1.82) is 5.26 Å². The third kappa shape index (κ3) is 2.76. The van der Waals surface area contributed by atoms with Gasteiger partial charge in [0.05, 0.1) is 25.6 Å². The molecule has 2 aromatic rings. The van der Waals surface area contributed by atoms with Gasteiger partial charge in [0.15, 0.2) is 0 Å². The van der Waals surface area contributed by atoms with E-state index < -0.39 is 0 Å². The van der Waals surface area contributed by atoms with Gasteiger partial charge < -0.3 is 9.30 Å². The van der Waals surface area contributed by atoms with Crippen LogP contribution in [0.2, 0.25) is 0 Å². The predicted molar refractivity (Wildman–Crippen MR) is 104 cm³/mol. The Hall–Kier alpha value is -2.58. The zero-order chi connectivity index (χ0) is 19.1. The molecule has 0 saturated carbocycles. The third-order valence-corrected chi connectivity index (χ3v) is 6.33. The topological polar surface area (TPSA) is 58.3 Å². The number of aromatic nitrogens is 1. The van der Waals surface area contributed by atoms with Gasteiger partial charge in [-0.3, -0.25) is 9.69 Å². The number of carbonyl (C=O) groups is 1. The van der Waals surface area contributed by atoms with Gasteiger partial charge in [-0.05, 0) is 30.9 Å². The highest BCUT2D eigenvalue weighted by molar-refractivity contribution is 5.86. The van der Waals surface area contributed by atoms with E-state index in [1.807, 2.05) is 6.92 Å². The van der Waals surface area contributed by atoms with E-state index in [1.165, 1.54) is 34.8 Å². The Morgan fingerprint density at radius 2 is 2.19 bits per heavy atom. The van der Waals surface area contributed by atoms with E-state index in [1.54, 1.807) is 0 Å². The lowest BCUT2D eigenvalue weighted by Crippen LogP contribution is -2.48. The molecule has 4 rings (SSSR count). The first-order chi connectivity index (χ1) is 13.1. The molecule has 5 heteroatoms. The number of nitriles is 1. The van der Waals surface area contributed by atoms with Crippen molar-refractivity contribution in [2.45, 2.75) is 38.3 Å². The van der Waals surface area contributed by atoms with Crippen molar-refractivity contribution in [3.05, 3.63) is 47.2 Å². The molecule has 0 spiro atoms. The Bertz CT molecular complexity index is 966. The summed E-state index contributed by atoms with van der Waals surface area (Å²) >= 11 is 0. The molecule has 3 atom stereocenters. The number of allylic oxidation sites excluding steroid dienone is 1. The van der Waals surface area contributed by atoms with E-state index >= 15 is 0 Å². The number of hydrogen-bond acceptors (Lipinski definition) is 4. The van der Waals surface area contributed by atoms with Gasteiger partial charge in [0, 0.05) is 36.6 Å². The summed E-state index contributed by atoms with van der Waals surface area (Å²) in [7, 11) is 3.56. The van der Waals surface area contributed by atoms with Crippen LogP contribution in [-0.2, 0) is 23.0 Å². The fourth-order valence-electron chi connectivity index (χ4n) is 4.99. The quantitative estimate of drug-likeness (QED) is 0.605. The van der Waals surface area contributed by atoms with Crippen LogP contribution in [-0.4, -0.2) is 35.1 Å². The summed E-state index contributed by atoms with van der Waals surface area (Å²) in [5, 5.41) is 11.1. The van der Waals surface area contributed by atoms with E-state index in [0.717, 1.165) is 19.4 Å². The number of fused-ring (bicyclic) bond motifs is 5. The molecule has 0 N–H and O–H groups in total. The Labute approximate surface area is 159 Å². The van der Waals surface area contributed by atoms with Crippen LogP contribution in [0.4, 0.5) is 0 Å². The molecule has 3 heterocycles. The van der Waals surface area contributed by atoms with Crippen LogP contribution in [0.5, 0.6) is 0 Å². The monoisotopic (exact) mass is 363 g/mol. The van der Waals surface area contributed by atoms with Gasteiger partial charge in [-0.25, -0.2) is 0 Å². The second kappa shape index (κ2) is 6.86. The average Bonchev–Trinajstić information content (AvgIpc) is 2.99. The molecule has 5 nitrogen and oxygen atoms in total. The molecule has 1 aromatic heterocycles. The van der Waals surface area contributed by atoms with Gasteiger partial charge in [0.25, 0.3) is 0 Å². The molecule has 2 aliphatic heterocycles. The summed E-state index contributed by atoms with van der Waals surface area (Å²) in [5.74, 6) is -0.00952. The first-order valence-electron chi connectivity index (χ1n) is 9.52. The van der Waals surface area contributed by atoms with Crippen LogP contribution in [0.3, 0.4) is 0 Å². The zero-order valence-corrected chi connectivity index (χ0v) is 16.1. The molecule has 0 bridgehead atoms. The van der Waals surface area contributed by atoms with Crippen molar-refractivity contribution >= 4 is 16.9 Å². The van der Waals surface area contributed by atoms with Crippen LogP contribution < -0.4 is 0 Å². The van der Waals surface area contributed by atoms with Crippen molar-refractivity contribution < 1.29 is 9.53 Å². The number of carbonyl (C=O) groups excluding carboxylic acids is 1. The summed E-state index contributed by atoms with van der Waals surface area (Å²) in [6.07, 6.45) is 4.10. The Morgan fingerprint density at radius 3 is 2.89 bits per heavy atom. The van der Waals surface area contributed by atoms with E-state index in [0.29, 0.717) is 6.42 Å². The molecule has 140 valence electrons. The van der Waals surface area contributed by atoms with Gasteiger partial charge >= 0.3 is 5.97 Å². The van der Waals surface area contributed by atoms with Crippen LogP contribution in [0.1, 0.15) is 37.1 Å². The van der Waals surface area contributed by atoms with E-state index in [9.17, 15) is 10.1 Å². The van der Waals surface area contributed by atoms with Gasteiger partial charge in [0.1, 0.15) is 6.04 Å². The molecular weight excluding hydrogens is 338 g/mol. The maximum atomic E-state index is 12.0. The molecule has 2 aliphatic rings. The minimum absolute atomic E-state index is 0.137. The lowest BCUT2D eigenvalue weighted by Gasteiger charge is -2.46. The number of benzene rings is 1. The van der Waals surface area contributed by atoms with Crippen LogP contribution >= 0.6 is 0 Å². The molecular formula is C22H25N3O2. The van der Waals surface area contributed by atoms with Gasteiger partial charge in [-0.1, -0.05) is 29.8 Å². The summed E-state index contributed by atoms with van der Waals surface area (Å²) < 4.78 is 7.21. The number of hydrogen-bond donors (Lipinski definition) is 0. The maximum absolute atomic E-state index is 12.0. The predicted octanol–water partition coefficient (Wildman–Crippen LogP) is 3.50. The fourth-order valence-corrected chi connectivity index (χ4v) is 4.99. The van der Waals surface area contributed by atoms with Crippen LogP contribution in [0.15, 0.2) is 35.9 Å². The number of aryl methyl sites for hydroxylation is 1. The Morgan fingerprint density at radius 1 is 1.41 bits per heavy atom. The molecule has 0 amide bonds. The fraction of sp³-hybridized carbons (Fsp3) is 0.455. The zero-order valence-electron chi connectivity index (χ0n) is 16.1. The van der Waals surface area contributed by atoms with Gasteiger partial charge in [-0.15, -0.1) is 0 Å². The summed E-state index contributed by atoms with van der Waals surface area (Å²) in [5.41, 5.74) is 5.04. The van der Waals surface area contributed by atoms with Crippen molar-refractivity contribution in [1.82, 2.24) is 9.47 Å². The highest BCUT2D eigenvalue weighted by atomic mass is 16.5. The third-order valence-electron chi connectivity index (χ3n) is 6.33. The molecule has 0 unspecified atom stereocenters. The standard InChI is InChI=1S/C22H25N3O2/c1-4-14-13-25-16(12-23)11-18-17-7-5-6-8-19(17)24(2)22(18)20(25)9-15(14)10-21(26)27-3/h4-8,15-16,20H,9-11,13H2,1-3H3/b14-4-/t15-,16-,20+/m1/s1. The minimum atomic E-state index is -0.169. The number of piperidine rings is 1. The average molecular weight is 363 g/mol. The smallest absolute Gasteiger partial charge is 0.306 e. The van der Waals surface area contributed by atoms with Gasteiger partial charge in [0.2, 0.25) is 0 Å². The Kier molecular flexibility index (Phi) is 4.53. The van der Waals surface area contributed by atoms with Gasteiger partial charge in [-0.2, -0.15) is 5.26 Å². The van der Waals surface area contributed by atoms with E-state index in [4.69, 9.17) is 4.74 Å². The van der Waals surface area contributed by atoms with Crippen LogP contribution in [0, 0.1) is 17.2 Å². The summed E-state index contributed by atoms with van der Waals surface area (Å²) in [6.45, 7) is 2.76. The van der Waals surface area contributed by atoms with Crippen LogP contribution in [0.25, 0.3) is 10.9 Å². The van der Waals surface area contributed by atoms with E-state index in [-0.39, 0.29) is 24.0 Å². The normalized spacial score (nSPS) is 26.4. The molecule has 1 saturated heterocycles. The van der Waals surface area contributed by atoms with Crippen molar-refractivity contribution in [2.24, 2.45) is 13.0 Å². The molecule has 0 radical (unpaired) electrons. The van der Waals surface area contributed by atoms with Crippen molar-refractivity contribution in [3.8, 4) is 6.07 Å². The lowest BCUT2D eigenvalue weighted by molar-refractivity contribution is -0.141. The number of para-hydroxylation sites is 1. The SMILES string of the molecule is C/C=C1/CN2[C@@H](C#N)Cc3c(n(C)c4ccccc34)[C@@H]2C[C@@H]1CC(=O)OC. The van der Waals surface area contributed by atoms with Crippen molar-refractivity contribution in [3.63, 3.8) is 0 Å².